The average molecular weight is 350 g/mol. The second-order valence-corrected chi connectivity index (χ2v) is 6.70. The minimum atomic E-state index is 0.567. The minimum Gasteiger partial charge on any atom is -0.238 e. The Morgan fingerprint density at radius 3 is 1.82 bits per heavy atom. The molecule has 0 unspecified atom stereocenters. The molecule has 0 atom stereocenters. The predicted octanol–water partition coefficient (Wildman–Crippen LogP) is 2.97. The van der Waals surface area contributed by atoms with Crippen LogP contribution in [-0.4, -0.2) is 0 Å². The predicted molar refractivity (Wildman–Crippen MR) is 108 cm³/mol. The summed E-state index contributed by atoms with van der Waals surface area (Å²) in [6.07, 6.45) is 11.7. The van der Waals surface area contributed by atoms with Gasteiger partial charge in [0.2, 0.25) is 0 Å². The van der Waals surface area contributed by atoms with Gasteiger partial charge in [-0.2, -0.15) is 5.26 Å². The molecule has 0 N–H and O–H groups in total. The molecule has 0 aromatic heterocycles. The summed E-state index contributed by atoms with van der Waals surface area (Å²) in [5.41, 5.74) is 4.69. The molecule has 0 radical (unpaired) electrons. The molecule has 0 aliphatic heterocycles. The molecule has 3 aromatic carbocycles. The molecule has 0 heterocycles. The van der Waals surface area contributed by atoms with Gasteiger partial charge in [-0.1, -0.05) is 30.0 Å². The van der Waals surface area contributed by atoms with Crippen LogP contribution >= 0.6 is 0 Å². The first kappa shape index (κ1) is 15.7. The van der Waals surface area contributed by atoms with E-state index < -0.39 is 0 Å². The molecule has 0 saturated heterocycles. The normalized spacial score (nSPS) is 12.0. The zero-order chi connectivity index (χ0) is 19.4. The van der Waals surface area contributed by atoms with Crippen molar-refractivity contribution in [1.82, 2.24) is 0 Å². The number of hydrogen-bond donors (Lipinski definition) is 0. The van der Waals surface area contributed by atoms with Gasteiger partial charge in [-0.05, 0) is 72.8 Å². The van der Waals surface area contributed by atoms with Gasteiger partial charge in [-0.3, -0.25) is 0 Å². The van der Waals surface area contributed by atoms with Crippen molar-refractivity contribution in [2.45, 2.75) is 0 Å². The molecule has 2 aliphatic carbocycles. The smallest absolute Gasteiger partial charge is 0.187 e. The Morgan fingerprint density at radius 1 is 0.714 bits per heavy atom. The quantitative estimate of drug-likeness (QED) is 0.453. The van der Waals surface area contributed by atoms with Gasteiger partial charge in [-0.15, -0.1) is 12.8 Å². The first-order chi connectivity index (χ1) is 13.7. The third kappa shape index (κ3) is 1.87. The van der Waals surface area contributed by atoms with E-state index in [1.54, 1.807) is 6.07 Å². The summed E-state index contributed by atoms with van der Waals surface area (Å²) in [6.45, 7) is 7.28. The maximum Gasteiger partial charge on any atom is 0.187 e. The molecule has 0 bridgehead atoms. The largest absolute Gasteiger partial charge is 0.238 e. The molecule has 124 valence electrons. The van der Waals surface area contributed by atoms with E-state index in [0.717, 1.165) is 53.6 Å². The van der Waals surface area contributed by atoms with Crippen molar-refractivity contribution in [3.05, 3.63) is 108 Å². The number of hydrogen-bond acceptors (Lipinski definition) is 1. The van der Waals surface area contributed by atoms with E-state index in [0.29, 0.717) is 11.3 Å². The topological polar surface area (TPSA) is 28.1 Å². The van der Waals surface area contributed by atoms with Crippen LogP contribution in [0.1, 0.15) is 16.7 Å². The van der Waals surface area contributed by atoms with Crippen molar-refractivity contribution in [2.24, 2.45) is 0 Å². The van der Waals surface area contributed by atoms with Crippen LogP contribution in [0.2, 0.25) is 0 Å². The molecule has 5 rings (SSSR count). The fourth-order valence-corrected chi connectivity index (χ4v) is 4.16. The van der Waals surface area contributed by atoms with Crippen molar-refractivity contribution in [1.29, 1.82) is 5.26 Å². The highest BCUT2D eigenvalue weighted by molar-refractivity contribution is 5.86. The second-order valence-electron chi connectivity index (χ2n) is 6.70. The Kier molecular flexibility index (Phi) is 3.09. The van der Waals surface area contributed by atoms with Gasteiger partial charge in [0.05, 0.1) is 18.2 Å². The van der Waals surface area contributed by atoms with Crippen LogP contribution in [0, 0.1) is 63.5 Å². The lowest BCUT2D eigenvalue weighted by atomic mass is 10.00. The van der Waals surface area contributed by atoms with Crippen LogP contribution < -0.4 is 10.4 Å². The summed E-state index contributed by atoms with van der Waals surface area (Å²) in [5, 5.41) is 15.1. The van der Waals surface area contributed by atoms with Crippen molar-refractivity contribution < 1.29 is 0 Å². The Labute approximate surface area is 161 Å². The van der Waals surface area contributed by atoms with Gasteiger partial charge in [0, 0.05) is 11.1 Å². The highest BCUT2D eigenvalue weighted by atomic mass is 14.6. The summed E-state index contributed by atoms with van der Waals surface area (Å²) in [6, 6.07) is 17.6. The molecule has 0 saturated carbocycles. The van der Waals surface area contributed by atoms with Crippen molar-refractivity contribution >= 4 is 16.8 Å². The molecule has 2 aliphatic rings. The lowest BCUT2D eigenvalue weighted by Gasteiger charge is -2.02. The van der Waals surface area contributed by atoms with Gasteiger partial charge < -0.3 is 0 Å². The summed E-state index contributed by atoms with van der Waals surface area (Å²) >= 11 is 0. The number of nitrogens with zero attached hydrogens (tertiary/aromatic N) is 2. The van der Waals surface area contributed by atoms with Crippen LogP contribution in [0.15, 0.2) is 48.5 Å². The number of terminal acetylenes is 2. The van der Waals surface area contributed by atoms with Gasteiger partial charge in [-0.25, -0.2) is 4.85 Å². The molecule has 2 nitrogen and oxygen atoms in total. The first-order valence-electron chi connectivity index (χ1n) is 8.63. The zero-order valence-electron chi connectivity index (χ0n) is 14.7. The van der Waals surface area contributed by atoms with Gasteiger partial charge in [0.15, 0.2) is 5.69 Å². The molecule has 0 amide bonds. The van der Waals surface area contributed by atoms with E-state index >= 15 is 0 Å². The van der Waals surface area contributed by atoms with Gasteiger partial charge in [0.25, 0.3) is 0 Å². The van der Waals surface area contributed by atoms with Gasteiger partial charge >= 0.3 is 0 Å². The fourth-order valence-electron chi connectivity index (χ4n) is 4.16. The molecule has 2 heteroatoms. The fraction of sp³-hybridized carbons (Fsp3) is 0. The lowest BCUT2D eigenvalue weighted by Crippen LogP contribution is -2.05. The second kappa shape index (κ2) is 5.50. The number of fused-ring (bicyclic) bond motifs is 4. The van der Waals surface area contributed by atoms with Crippen LogP contribution in [0.3, 0.4) is 0 Å². The van der Waals surface area contributed by atoms with Crippen molar-refractivity contribution in [3.8, 4) is 30.8 Å². The molecular weight excluding hydrogens is 340 g/mol. The summed E-state index contributed by atoms with van der Waals surface area (Å²) in [7, 11) is 0. The molecule has 3 aromatic rings. The SMILES string of the molecule is [C-]#[N+]c1ccc2c(c1)=C(C#C)c1cc3c(cc1=2)C(C#C)=c1cc(C#N)ccc1=3. The van der Waals surface area contributed by atoms with Crippen LogP contribution in [0.4, 0.5) is 5.69 Å². The van der Waals surface area contributed by atoms with E-state index in [1.807, 2.05) is 30.3 Å². The number of benzene rings is 3. The first-order valence-corrected chi connectivity index (χ1v) is 8.63. The maximum absolute atomic E-state index is 9.24. The van der Waals surface area contributed by atoms with Gasteiger partial charge in [0.1, 0.15) is 0 Å². The summed E-state index contributed by atoms with van der Waals surface area (Å²) in [5.74, 6) is 5.62. The van der Waals surface area contributed by atoms with Crippen LogP contribution in [0.25, 0.3) is 16.0 Å². The van der Waals surface area contributed by atoms with E-state index in [-0.39, 0.29) is 0 Å². The van der Waals surface area contributed by atoms with Crippen molar-refractivity contribution in [3.63, 3.8) is 0 Å². The minimum absolute atomic E-state index is 0.567. The Bertz CT molecular complexity index is 1610. The van der Waals surface area contributed by atoms with E-state index in [9.17, 15) is 5.26 Å². The lowest BCUT2D eigenvalue weighted by molar-refractivity contribution is 1.41. The number of rotatable bonds is 0. The Morgan fingerprint density at radius 2 is 1.29 bits per heavy atom. The van der Waals surface area contributed by atoms with E-state index in [4.69, 9.17) is 19.4 Å². The third-order valence-electron chi connectivity index (χ3n) is 5.38. The van der Waals surface area contributed by atoms with Crippen LogP contribution in [-0.2, 0) is 0 Å². The molecule has 0 spiro atoms. The van der Waals surface area contributed by atoms with Crippen molar-refractivity contribution in [2.75, 3.05) is 0 Å². The molecule has 28 heavy (non-hydrogen) atoms. The standard InChI is InChI=1S/C26H10N2/c1-4-17-21-10-15(14-27)6-8-19(21)25-13-24-18(5-2)22-11-16(28-3)7-9-20(22)26(24)12-23(17)25/h1-2,6-13H. The number of nitriles is 1. The average Bonchev–Trinajstić information content (AvgIpc) is 3.22. The highest BCUT2D eigenvalue weighted by Gasteiger charge is 2.18. The third-order valence-corrected chi connectivity index (χ3v) is 5.38. The monoisotopic (exact) mass is 350 g/mol. The van der Waals surface area contributed by atoms with E-state index in [1.165, 1.54) is 0 Å². The Hall–Kier alpha value is -4.50. The Balaban J connectivity index is 2.02. The molecule has 0 fully saturated rings. The van der Waals surface area contributed by atoms with Crippen LogP contribution in [0.5, 0.6) is 0 Å². The molecular formula is C26H10N2. The summed E-state index contributed by atoms with van der Waals surface area (Å²) < 4.78 is 0. The summed E-state index contributed by atoms with van der Waals surface area (Å²) in [4.78, 5) is 3.52. The highest BCUT2D eigenvalue weighted by Crippen LogP contribution is 2.26. The zero-order valence-corrected chi connectivity index (χ0v) is 14.7. The van der Waals surface area contributed by atoms with E-state index in [2.05, 4.69) is 34.9 Å². The maximum atomic E-state index is 9.24.